The van der Waals surface area contributed by atoms with E-state index in [1.807, 2.05) is 54.2 Å². The van der Waals surface area contributed by atoms with Crippen LogP contribution in [0.4, 0.5) is 0 Å². The van der Waals surface area contributed by atoms with Crippen LogP contribution in [0.3, 0.4) is 0 Å². The standard InChI is InChI=1S/C15H14N4S/c1-19-9-8-18-15(19)20-13-7-6-12(14(16)17)10-4-2-3-5-11(10)13/h2-9H,1H3,(H3,16,17). The number of benzene rings is 2. The number of aryl methyl sites for hydroxylation is 1. The lowest BCUT2D eigenvalue weighted by molar-refractivity contribution is 0.790. The first-order valence-electron chi connectivity index (χ1n) is 6.18. The highest BCUT2D eigenvalue weighted by Crippen LogP contribution is 2.33. The molecule has 2 aromatic carbocycles. The summed E-state index contributed by atoms with van der Waals surface area (Å²) in [6, 6.07) is 11.9. The van der Waals surface area contributed by atoms with Crippen molar-refractivity contribution < 1.29 is 0 Å². The van der Waals surface area contributed by atoms with Gasteiger partial charge in [0.25, 0.3) is 0 Å². The number of nitrogens with zero attached hydrogens (tertiary/aromatic N) is 2. The molecule has 0 fully saturated rings. The van der Waals surface area contributed by atoms with E-state index in [2.05, 4.69) is 4.98 Å². The molecule has 100 valence electrons. The SMILES string of the molecule is Cn1ccnc1Sc1ccc(C(=N)N)c2ccccc12. The summed E-state index contributed by atoms with van der Waals surface area (Å²) in [4.78, 5) is 5.45. The maximum atomic E-state index is 7.67. The molecule has 0 unspecified atom stereocenters. The monoisotopic (exact) mass is 282 g/mol. The van der Waals surface area contributed by atoms with Crippen molar-refractivity contribution >= 4 is 28.4 Å². The highest BCUT2D eigenvalue weighted by Gasteiger charge is 2.10. The van der Waals surface area contributed by atoms with Crippen LogP contribution in [-0.4, -0.2) is 15.4 Å². The van der Waals surface area contributed by atoms with Crippen molar-refractivity contribution in [3.05, 3.63) is 54.4 Å². The molecule has 0 aliphatic carbocycles. The average Bonchev–Trinajstić information content (AvgIpc) is 2.84. The molecule has 20 heavy (non-hydrogen) atoms. The summed E-state index contributed by atoms with van der Waals surface area (Å²) < 4.78 is 1.98. The van der Waals surface area contributed by atoms with E-state index in [9.17, 15) is 0 Å². The zero-order valence-electron chi connectivity index (χ0n) is 11.0. The lowest BCUT2D eigenvalue weighted by Gasteiger charge is -2.10. The lowest BCUT2D eigenvalue weighted by atomic mass is 10.0. The predicted molar refractivity (Wildman–Crippen MR) is 82.3 cm³/mol. The zero-order valence-corrected chi connectivity index (χ0v) is 11.8. The van der Waals surface area contributed by atoms with Crippen molar-refractivity contribution in [1.29, 1.82) is 5.41 Å². The number of nitrogens with two attached hydrogens (primary N) is 1. The minimum atomic E-state index is 0.0924. The molecule has 3 N–H and O–H groups in total. The first kappa shape index (κ1) is 12.7. The number of aromatic nitrogens is 2. The Kier molecular flexibility index (Phi) is 3.20. The van der Waals surface area contributed by atoms with Crippen molar-refractivity contribution in [3.63, 3.8) is 0 Å². The molecule has 3 aromatic rings. The largest absolute Gasteiger partial charge is 0.384 e. The molecule has 0 radical (unpaired) electrons. The number of nitrogens with one attached hydrogen (secondary N) is 1. The predicted octanol–water partition coefficient (Wildman–Crippen LogP) is 3.01. The summed E-state index contributed by atoms with van der Waals surface area (Å²) in [5, 5.41) is 10.7. The third kappa shape index (κ3) is 2.16. The average molecular weight is 282 g/mol. The Hall–Kier alpha value is -2.27. The van der Waals surface area contributed by atoms with Crippen LogP contribution in [0.15, 0.2) is 58.8 Å². The van der Waals surface area contributed by atoms with Crippen molar-refractivity contribution in [1.82, 2.24) is 9.55 Å². The van der Waals surface area contributed by atoms with E-state index >= 15 is 0 Å². The van der Waals surface area contributed by atoms with Gasteiger partial charge in [-0.1, -0.05) is 36.0 Å². The van der Waals surface area contributed by atoms with E-state index in [1.165, 1.54) is 0 Å². The van der Waals surface area contributed by atoms with Gasteiger partial charge in [0, 0.05) is 29.9 Å². The second-order valence-electron chi connectivity index (χ2n) is 4.49. The number of hydrogen-bond donors (Lipinski definition) is 2. The molecule has 3 rings (SSSR count). The molecule has 0 spiro atoms. The summed E-state index contributed by atoms with van der Waals surface area (Å²) >= 11 is 1.61. The van der Waals surface area contributed by atoms with Crippen LogP contribution in [0.5, 0.6) is 0 Å². The van der Waals surface area contributed by atoms with Crippen LogP contribution < -0.4 is 5.73 Å². The minimum absolute atomic E-state index is 0.0924. The molecule has 0 aliphatic rings. The molecule has 0 saturated carbocycles. The number of imidazole rings is 1. The van der Waals surface area contributed by atoms with Gasteiger partial charge in [-0.3, -0.25) is 5.41 Å². The van der Waals surface area contributed by atoms with Crippen LogP contribution in [-0.2, 0) is 7.05 Å². The van der Waals surface area contributed by atoms with Gasteiger partial charge in [-0.05, 0) is 22.9 Å². The van der Waals surface area contributed by atoms with E-state index in [4.69, 9.17) is 11.1 Å². The summed E-state index contributed by atoms with van der Waals surface area (Å²) in [6.07, 6.45) is 3.71. The van der Waals surface area contributed by atoms with Gasteiger partial charge < -0.3 is 10.3 Å². The van der Waals surface area contributed by atoms with E-state index in [-0.39, 0.29) is 5.84 Å². The number of hydrogen-bond acceptors (Lipinski definition) is 3. The minimum Gasteiger partial charge on any atom is -0.384 e. The quantitative estimate of drug-likeness (QED) is 0.573. The van der Waals surface area contributed by atoms with Gasteiger partial charge in [0.1, 0.15) is 5.84 Å². The number of nitrogen functional groups attached to an aromatic ring is 1. The van der Waals surface area contributed by atoms with Crippen molar-refractivity contribution in [3.8, 4) is 0 Å². The maximum absolute atomic E-state index is 7.67. The van der Waals surface area contributed by atoms with Crippen molar-refractivity contribution in [2.24, 2.45) is 12.8 Å². The highest BCUT2D eigenvalue weighted by molar-refractivity contribution is 7.99. The topological polar surface area (TPSA) is 67.7 Å². The fourth-order valence-electron chi connectivity index (χ4n) is 2.14. The molecule has 5 heteroatoms. The summed E-state index contributed by atoms with van der Waals surface area (Å²) in [5.41, 5.74) is 6.42. The van der Waals surface area contributed by atoms with Gasteiger partial charge in [0.15, 0.2) is 5.16 Å². The molecule has 0 amide bonds. The van der Waals surface area contributed by atoms with Crippen LogP contribution in [0.25, 0.3) is 10.8 Å². The molecule has 0 aliphatic heterocycles. The third-order valence-corrected chi connectivity index (χ3v) is 4.30. The number of amidine groups is 1. The van der Waals surface area contributed by atoms with Gasteiger partial charge in [0.2, 0.25) is 0 Å². The Balaban J connectivity index is 2.15. The van der Waals surface area contributed by atoms with E-state index in [1.54, 1.807) is 18.0 Å². The second kappa shape index (κ2) is 5.02. The smallest absolute Gasteiger partial charge is 0.172 e. The fourth-order valence-corrected chi connectivity index (χ4v) is 3.08. The van der Waals surface area contributed by atoms with Gasteiger partial charge in [0.05, 0.1) is 0 Å². The molecular formula is C15H14N4S. The van der Waals surface area contributed by atoms with Crippen LogP contribution in [0.2, 0.25) is 0 Å². The number of rotatable bonds is 3. The molecular weight excluding hydrogens is 268 g/mol. The van der Waals surface area contributed by atoms with Gasteiger partial charge in [-0.25, -0.2) is 4.98 Å². The number of fused-ring (bicyclic) bond motifs is 1. The van der Waals surface area contributed by atoms with E-state index < -0.39 is 0 Å². The third-order valence-electron chi connectivity index (χ3n) is 3.15. The Morgan fingerprint density at radius 3 is 2.60 bits per heavy atom. The molecule has 0 bridgehead atoms. The zero-order chi connectivity index (χ0) is 14.1. The normalized spacial score (nSPS) is 10.8. The van der Waals surface area contributed by atoms with Crippen LogP contribution >= 0.6 is 11.8 Å². The Bertz CT molecular complexity index is 791. The first-order valence-corrected chi connectivity index (χ1v) is 7.00. The molecule has 4 nitrogen and oxygen atoms in total. The Labute approximate surface area is 121 Å². The van der Waals surface area contributed by atoms with E-state index in [0.29, 0.717) is 0 Å². The fraction of sp³-hybridized carbons (Fsp3) is 0.0667. The maximum Gasteiger partial charge on any atom is 0.172 e. The summed E-state index contributed by atoms with van der Waals surface area (Å²) in [7, 11) is 1.97. The molecule has 0 atom stereocenters. The molecule has 1 aromatic heterocycles. The van der Waals surface area contributed by atoms with Crippen LogP contribution in [0, 0.1) is 5.41 Å². The van der Waals surface area contributed by atoms with Gasteiger partial charge in [-0.15, -0.1) is 0 Å². The molecule has 1 heterocycles. The van der Waals surface area contributed by atoms with Crippen molar-refractivity contribution in [2.45, 2.75) is 10.1 Å². The lowest BCUT2D eigenvalue weighted by Crippen LogP contribution is -2.11. The van der Waals surface area contributed by atoms with Gasteiger partial charge in [-0.2, -0.15) is 0 Å². The highest BCUT2D eigenvalue weighted by atomic mass is 32.2. The van der Waals surface area contributed by atoms with Crippen molar-refractivity contribution in [2.75, 3.05) is 0 Å². The van der Waals surface area contributed by atoms with Crippen LogP contribution in [0.1, 0.15) is 5.56 Å². The second-order valence-corrected chi connectivity index (χ2v) is 5.50. The van der Waals surface area contributed by atoms with E-state index in [0.717, 1.165) is 26.4 Å². The first-order chi connectivity index (χ1) is 9.66. The molecule has 0 saturated heterocycles. The Morgan fingerprint density at radius 2 is 1.95 bits per heavy atom. The summed E-state index contributed by atoms with van der Waals surface area (Å²) in [5.74, 6) is 0.0924. The summed E-state index contributed by atoms with van der Waals surface area (Å²) in [6.45, 7) is 0. The van der Waals surface area contributed by atoms with Gasteiger partial charge >= 0.3 is 0 Å². The Morgan fingerprint density at radius 1 is 1.20 bits per heavy atom.